The summed E-state index contributed by atoms with van der Waals surface area (Å²) in [6.07, 6.45) is 0. The van der Waals surface area contributed by atoms with Gasteiger partial charge in [-0.15, -0.1) is 0 Å². The van der Waals surface area contributed by atoms with Gasteiger partial charge in [0.2, 0.25) is 10.0 Å². The number of rotatable bonds is 5. The molecule has 1 atom stereocenters. The monoisotopic (exact) mass is 268 g/mol. The van der Waals surface area contributed by atoms with Crippen molar-refractivity contribution in [2.45, 2.75) is 18.7 Å². The predicted octanol–water partition coefficient (Wildman–Crippen LogP) is 1.56. The summed E-state index contributed by atoms with van der Waals surface area (Å²) in [7, 11) is -3.66. The van der Waals surface area contributed by atoms with Crippen LogP contribution in [0.3, 0.4) is 0 Å². The third-order valence-corrected chi connectivity index (χ3v) is 4.44. The van der Waals surface area contributed by atoms with Gasteiger partial charge in [-0.1, -0.05) is 13.0 Å². The molecule has 98 valence electrons. The Balaban J connectivity index is 3.08. The van der Waals surface area contributed by atoms with E-state index in [-0.39, 0.29) is 29.7 Å². The summed E-state index contributed by atoms with van der Waals surface area (Å²) in [5.41, 5.74) is 0. The molecule has 0 aliphatic heterocycles. The average molecular weight is 268 g/mol. The number of aromatic hydroxyl groups is 1. The summed E-state index contributed by atoms with van der Waals surface area (Å²) in [6.45, 7) is 3.81. The van der Waals surface area contributed by atoms with E-state index < -0.39 is 10.0 Å². The lowest BCUT2D eigenvalue weighted by Gasteiger charge is -2.21. The van der Waals surface area contributed by atoms with Gasteiger partial charge in [0.1, 0.15) is 5.75 Å². The molecule has 1 aromatic rings. The lowest BCUT2D eigenvalue weighted by Crippen LogP contribution is -2.34. The molecule has 1 aromatic carbocycles. The zero-order valence-corrected chi connectivity index (χ0v) is 11.2. The molecule has 1 rings (SSSR count). The fraction of sp³-hybridized carbons (Fsp3) is 0.417. The van der Waals surface area contributed by atoms with Crippen LogP contribution in [-0.2, 0) is 10.0 Å². The van der Waals surface area contributed by atoms with Gasteiger partial charge in [0.05, 0.1) is 16.9 Å². The topological polar surface area (TPSA) is 81.4 Å². The van der Waals surface area contributed by atoms with Crippen molar-refractivity contribution >= 4 is 10.0 Å². The number of benzene rings is 1. The highest BCUT2D eigenvalue weighted by Gasteiger charge is 2.24. The van der Waals surface area contributed by atoms with Crippen molar-refractivity contribution in [3.8, 4) is 11.8 Å². The van der Waals surface area contributed by atoms with Gasteiger partial charge in [-0.2, -0.15) is 9.57 Å². The molecule has 1 unspecified atom stereocenters. The molecule has 0 aliphatic rings. The number of phenolic OH excluding ortho intramolecular Hbond substituents is 1. The second-order valence-corrected chi connectivity index (χ2v) is 5.92. The summed E-state index contributed by atoms with van der Waals surface area (Å²) < 4.78 is 25.8. The van der Waals surface area contributed by atoms with E-state index in [2.05, 4.69) is 0 Å². The molecule has 0 heterocycles. The molecule has 5 nitrogen and oxygen atoms in total. The maximum atomic E-state index is 12.3. The Morgan fingerprint density at radius 3 is 2.67 bits per heavy atom. The lowest BCUT2D eigenvalue weighted by molar-refractivity contribution is 0.399. The number of hydrogen-bond acceptors (Lipinski definition) is 4. The van der Waals surface area contributed by atoms with Gasteiger partial charge in [-0.3, -0.25) is 0 Å². The number of nitriles is 1. The molecule has 0 aliphatic carbocycles. The molecule has 18 heavy (non-hydrogen) atoms. The Bertz CT molecular complexity index is 549. The van der Waals surface area contributed by atoms with Crippen LogP contribution < -0.4 is 0 Å². The first-order valence-electron chi connectivity index (χ1n) is 5.60. The van der Waals surface area contributed by atoms with Crippen molar-refractivity contribution in [1.29, 1.82) is 5.26 Å². The minimum Gasteiger partial charge on any atom is -0.508 e. The van der Waals surface area contributed by atoms with Gasteiger partial charge >= 0.3 is 0 Å². The van der Waals surface area contributed by atoms with E-state index in [1.165, 1.54) is 28.6 Å². The quantitative estimate of drug-likeness (QED) is 0.878. The SMILES string of the molecule is CCN(CC(C)C#N)S(=O)(=O)c1cccc(O)c1. The molecule has 0 fully saturated rings. The molecule has 0 saturated carbocycles. The Morgan fingerprint density at radius 2 is 2.17 bits per heavy atom. The minimum atomic E-state index is -3.66. The van der Waals surface area contributed by atoms with Crippen LogP contribution in [0.4, 0.5) is 0 Å². The maximum absolute atomic E-state index is 12.3. The van der Waals surface area contributed by atoms with E-state index in [1.807, 2.05) is 6.07 Å². The molecule has 1 N–H and O–H groups in total. The molecule has 0 aromatic heterocycles. The zero-order valence-electron chi connectivity index (χ0n) is 10.4. The van der Waals surface area contributed by atoms with Crippen LogP contribution in [0.1, 0.15) is 13.8 Å². The summed E-state index contributed by atoms with van der Waals surface area (Å²) in [5, 5.41) is 18.1. The van der Waals surface area contributed by atoms with Crippen LogP contribution in [0.2, 0.25) is 0 Å². The van der Waals surface area contributed by atoms with Gasteiger partial charge in [0, 0.05) is 13.1 Å². The Kier molecular flexibility index (Phi) is 4.70. The molecular weight excluding hydrogens is 252 g/mol. The molecule has 6 heteroatoms. The van der Waals surface area contributed by atoms with Crippen molar-refractivity contribution in [1.82, 2.24) is 4.31 Å². The Hall–Kier alpha value is -1.58. The average Bonchev–Trinajstić information content (AvgIpc) is 2.35. The minimum absolute atomic E-state index is 0.0366. The fourth-order valence-corrected chi connectivity index (χ4v) is 3.11. The first kappa shape index (κ1) is 14.5. The van der Waals surface area contributed by atoms with E-state index in [0.29, 0.717) is 0 Å². The lowest BCUT2D eigenvalue weighted by atomic mass is 10.2. The number of sulfonamides is 1. The number of hydrogen-bond donors (Lipinski definition) is 1. The summed E-state index contributed by atoms with van der Waals surface area (Å²) in [5.74, 6) is -0.475. The Labute approximate surface area is 107 Å². The molecule has 0 radical (unpaired) electrons. The Morgan fingerprint density at radius 1 is 1.50 bits per heavy atom. The third-order valence-electron chi connectivity index (χ3n) is 2.51. The van der Waals surface area contributed by atoms with Crippen molar-refractivity contribution in [3.63, 3.8) is 0 Å². The van der Waals surface area contributed by atoms with Gasteiger partial charge in [0.25, 0.3) is 0 Å². The van der Waals surface area contributed by atoms with E-state index >= 15 is 0 Å². The molecule has 0 saturated heterocycles. The smallest absolute Gasteiger partial charge is 0.243 e. The fourth-order valence-electron chi connectivity index (χ4n) is 1.54. The molecule has 0 amide bonds. The molecule has 0 spiro atoms. The molecule has 0 bridgehead atoms. The van der Waals surface area contributed by atoms with Crippen LogP contribution >= 0.6 is 0 Å². The van der Waals surface area contributed by atoms with Crippen LogP contribution in [0, 0.1) is 17.2 Å². The van der Waals surface area contributed by atoms with Crippen LogP contribution in [0.15, 0.2) is 29.2 Å². The summed E-state index contributed by atoms with van der Waals surface area (Å²) in [4.78, 5) is 0.0366. The maximum Gasteiger partial charge on any atom is 0.243 e. The highest BCUT2D eigenvalue weighted by molar-refractivity contribution is 7.89. The zero-order chi connectivity index (χ0) is 13.8. The van der Waals surface area contributed by atoms with Gasteiger partial charge < -0.3 is 5.11 Å². The van der Waals surface area contributed by atoms with Crippen molar-refractivity contribution < 1.29 is 13.5 Å². The first-order valence-corrected chi connectivity index (χ1v) is 7.04. The second kappa shape index (κ2) is 5.85. The predicted molar refractivity (Wildman–Crippen MR) is 67.3 cm³/mol. The van der Waals surface area contributed by atoms with Gasteiger partial charge in [-0.05, 0) is 25.1 Å². The van der Waals surface area contributed by atoms with Gasteiger partial charge in [0.15, 0.2) is 0 Å². The standard InChI is InChI=1S/C12H16N2O3S/c1-3-14(9-10(2)8-13)18(16,17)12-6-4-5-11(15)7-12/h4-7,10,15H,3,9H2,1-2H3. The second-order valence-electron chi connectivity index (χ2n) is 3.98. The van der Waals surface area contributed by atoms with E-state index in [1.54, 1.807) is 13.8 Å². The highest BCUT2D eigenvalue weighted by Crippen LogP contribution is 2.20. The summed E-state index contributed by atoms with van der Waals surface area (Å²) in [6, 6.07) is 7.52. The number of phenols is 1. The van der Waals surface area contributed by atoms with Crippen LogP contribution in [0.5, 0.6) is 5.75 Å². The number of nitrogens with zero attached hydrogens (tertiary/aromatic N) is 2. The molecular formula is C12H16N2O3S. The van der Waals surface area contributed by atoms with Crippen molar-refractivity contribution in [2.24, 2.45) is 5.92 Å². The van der Waals surface area contributed by atoms with E-state index in [0.717, 1.165) is 0 Å². The largest absolute Gasteiger partial charge is 0.508 e. The first-order chi connectivity index (χ1) is 8.41. The van der Waals surface area contributed by atoms with E-state index in [4.69, 9.17) is 5.26 Å². The van der Waals surface area contributed by atoms with Crippen molar-refractivity contribution in [3.05, 3.63) is 24.3 Å². The third kappa shape index (κ3) is 3.22. The highest BCUT2D eigenvalue weighted by atomic mass is 32.2. The van der Waals surface area contributed by atoms with Crippen LogP contribution in [-0.4, -0.2) is 30.9 Å². The van der Waals surface area contributed by atoms with Gasteiger partial charge in [-0.25, -0.2) is 8.42 Å². The van der Waals surface area contributed by atoms with Crippen LogP contribution in [0.25, 0.3) is 0 Å². The summed E-state index contributed by atoms with van der Waals surface area (Å²) >= 11 is 0. The normalized spacial score (nSPS) is 13.2. The van der Waals surface area contributed by atoms with E-state index in [9.17, 15) is 13.5 Å². The van der Waals surface area contributed by atoms with Crippen molar-refractivity contribution in [2.75, 3.05) is 13.1 Å².